The monoisotopic (exact) mass is 420 g/mol. The van der Waals surface area contributed by atoms with Gasteiger partial charge in [-0.15, -0.1) is 5.10 Å². The van der Waals surface area contributed by atoms with Crippen LogP contribution in [-0.2, 0) is 17.8 Å². The van der Waals surface area contributed by atoms with Gasteiger partial charge in [0, 0.05) is 5.69 Å². The van der Waals surface area contributed by atoms with Gasteiger partial charge in [-0.3, -0.25) is 14.2 Å². The second-order valence-electron chi connectivity index (χ2n) is 7.18. The summed E-state index contributed by atoms with van der Waals surface area (Å²) in [6.45, 7) is 1.93. The van der Waals surface area contributed by atoms with Crippen molar-refractivity contribution in [3.8, 4) is 5.69 Å². The minimum Gasteiger partial charge on any atom is -0.325 e. The summed E-state index contributed by atoms with van der Waals surface area (Å²) in [5, 5.41) is 10.6. The fourth-order valence-electron chi connectivity index (χ4n) is 3.23. The zero-order chi connectivity index (χ0) is 21.8. The number of aryl methyl sites for hydroxylation is 1. The fraction of sp³-hybridized carbons (Fsp3) is 0.227. The molecule has 2 heterocycles. The molecule has 0 aliphatic heterocycles. The van der Waals surface area contributed by atoms with Crippen LogP contribution in [0.4, 0.5) is 10.1 Å². The molecule has 4 aromatic rings. The Morgan fingerprint density at radius 2 is 1.97 bits per heavy atom. The van der Waals surface area contributed by atoms with Crippen LogP contribution in [0.15, 0.2) is 59.7 Å². The minimum absolute atomic E-state index is 0.000150. The lowest BCUT2D eigenvalue weighted by atomic mass is 10.1. The maximum absolute atomic E-state index is 13.5. The Kier molecular flexibility index (Phi) is 5.83. The molecule has 4 rings (SSSR count). The number of anilines is 1. The van der Waals surface area contributed by atoms with E-state index in [1.54, 1.807) is 6.07 Å². The van der Waals surface area contributed by atoms with Gasteiger partial charge in [0.1, 0.15) is 18.7 Å². The van der Waals surface area contributed by atoms with Crippen LogP contribution < -0.4 is 10.9 Å². The van der Waals surface area contributed by atoms with Gasteiger partial charge < -0.3 is 5.32 Å². The Balaban J connectivity index is 1.50. The Labute approximate surface area is 177 Å². The molecular weight excluding hydrogens is 399 g/mol. The number of carbonyl (C=O) groups excluding carboxylic acids is 1. The number of nitrogens with one attached hydrogen (secondary N) is 1. The summed E-state index contributed by atoms with van der Waals surface area (Å²) in [6, 6.07) is 13.4. The van der Waals surface area contributed by atoms with E-state index < -0.39 is 11.4 Å². The van der Waals surface area contributed by atoms with E-state index in [4.69, 9.17) is 0 Å². The van der Waals surface area contributed by atoms with E-state index in [0.717, 1.165) is 23.8 Å². The van der Waals surface area contributed by atoms with Crippen LogP contribution in [-0.4, -0.2) is 30.5 Å². The topological polar surface area (TPSA) is 94.7 Å². The predicted octanol–water partition coefficient (Wildman–Crippen LogP) is 3.10. The number of benzene rings is 2. The van der Waals surface area contributed by atoms with Crippen molar-refractivity contribution in [3.05, 3.63) is 76.6 Å². The van der Waals surface area contributed by atoms with E-state index in [1.807, 2.05) is 24.3 Å². The molecule has 158 valence electrons. The van der Waals surface area contributed by atoms with Crippen molar-refractivity contribution in [3.63, 3.8) is 0 Å². The molecule has 0 saturated carbocycles. The summed E-state index contributed by atoms with van der Waals surface area (Å²) in [7, 11) is 0. The summed E-state index contributed by atoms with van der Waals surface area (Å²) in [6.07, 6.45) is 4.51. The molecule has 0 bridgehead atoms. The van der Waals surface area contributed by atoms with Crippen LogP contribution in [0, 0.1) is 5.82 Å². The molecule has 0 fully saturated rings. The third kappa shape index (κ3) is 4.50. The van der Waals surface area contributed by atoms with E-state index >= 15 is 0 Å². The number of nitrogens with zero attached hydrogens (tertiary/aromatic N) is 5. The lowest BCUT2D eigenvalue weighted by Crippen LogP contribution is -2.28. The molecule has 0 atom stereocenters. The average Bonchev–Trinajstić information content (AvgIpc) is 3.20. The van der Waals surface area contributed by atoms with Gasteiger partial charge in [0.15, 0.2) is 11.2 Å². The zero-order valence-electron chi connectivity index (χ0n) is 17.0. The maximum atomic E-state index is 13.5. The van der Waals surface area contributed by atoms with E-state index in [-0.39, 0.29) is 23.6 Å². The first-order valence-corrected chi connectivity index (χ1v) is 10.0. The molecule has 0 spiro atoms. The maximum Gasteiger partial charge on any atom is 0.284 e. The molecule has 2 aromatic carbocycles. The molecule has 0 unspecified atom stereocenters. The van der Waals surface area contributed by atoms with Gasteiger partial charge in [-0.2, -0.15) is 4.68 Å². The number of unbranched alkanes of at least 4 members (excludes halogenated alkanes) is 1. The van der Waals surface area contributed by atoms with Crippen molar-refractivity contribution in [1.29, 1.82) is 0 Å². The predicted molar refractivity (Wildman–Crippen MR) is 115 cm³/mol. The highest BCUT2D eigenvalue weighted by Gasteiger charge is 2.15. The molecule has 8 nitrogen and oxygen atoms in total. The van der Waals surface area contributed by atoms with Crippen LogP contribution in [0.5, 0.6) is 0 Å². The summed E-state index contributed by atoms with van der Waals surface area (Å²) < 4.78 is 16.0. The number of carbonyl (C=O) groups is 1. The second kappa shape index (κ2) is 8.86. The smallest absolute Gasteiger partial charge is 0.284 e. The normalized spacial score (nSPS) is 11.0. The second-order valence-corrected chi connectivity index (χ2v) is 7.18. The molecule has 2 aromatic heterocycles. The molecule has 0 saturated heterocycles. The van der Waals surface area contributed by atoms with Crippen LogP contribution in [0.25, 0.3) is 16.9 Å². The fourth-order valence-corrected chi connectivity index (χ4v) is 3.23. The average molecular weight is 420 g/mol. The van der Waals surface area contributed by atoms with Crippen molar-refractivity contribution in [2.45, 2.75) is 32.7 Å². The molecule has 0 aliphatic carbocycles. The van der Waals surface area contributed by atoms with Crippen LogP contribution in [0.3, 0.4) is 0 Å². The number of rotatable bonds is 7. The highest BCUT2D eigenvalue weighted by molar-refractivity contribution is 5.90. The van der Waals surface area contributed by atoms with Gasteiger partial charge >= 0.3 is 0 Å². The highest BCUT2D eigenvalue weighted by Crippen LogP contribution is 2.14. The Morgan fingerprint density at radius 3 is 2.71 bits per heavy atom. The van der Waals surface area contributed by atoms with Gasteiger partial charge in [-0.1, -0.05) is 36.8 Å². The van der Waals surface area contributed by atoms with Crippen molar-refractivity contribution < 1.29 is 9.18 Å². The van der Waals surface area contributed by atoms with Gasteiger partial charge in [0.25, 0.3) is 5.56 Å². The number of hydrogen-bond donors (Lipinski definition) is 1. The Bertz CT molecular complexity index is 1280. The molecule has 1 amide bonds. The number of hydrogen-bond acceptors (Lipinski definition) is 5. The van der Waals surface area contributed by atoms with Crippen molar-refractivity contribution in [1.82, 2.24) is 24.5 Å². The quantitative estimate of drug-likeness (QED) is 0.496. The number of amides is 1. The zero-order valence-corrected chi connectivity index (χ0v) is 17.0. The molecule has 9 heteroatoms. The first-order valence-electron chi connectivity index (χ1n) is 10.0. The van der Waals surface area contributed by atoms with Gasteiger partial charge in [-0.05, 0) is 48.7 Å². The van der Waals surface area contributed by atoms with E-state index in [9.17, 15) is 14.0 Å². The lowest BCUT2D eigenvalue weighted by Gasteiger charge is -2.08. The van der Waals surface area contributed by atoms with Crippen molar-refractivity contribution >= 4 is 22.8 Å². The minimum atomic E-state index is -0.502. The first-order chi connectivity index (χ1) is 15.0. The van der Waals surface area contributed by atoms with E-state index in [1.165, 1.54) is 34.8 Å². The molecule has 31 heavy (non-hydrogen) atoms. The molecule has 1 N–H and O–H groups in total. The molecule has 0 aliphatic rings. The largest absolute Gasteiger partial charge is 0.325 e. The van der Waals surface area contributed by atoms with Gasteiger partial charge in [-0.25, -0.2) is 9.37 Å². The molecule has 0 radical (unpaired) electrons. The highest BCUT2D eigenvalue weighted by atomic mass is 19.1. The van der Waals surface area contributed by atoms with Crippen LogP contribution in [0.1, 0.15) is 25.3 Å². The van der Waals surface area contributed by atoms with Gasteiger partial charge in [0.05, 0.1) is 5.69 Å². The number of halogens is 1. The lowest BCUT2D eigenvalue weighted by molar-refractivity contribution is -0.116. The third-order valence-corrected chi connectivity index (χ3v) is 4.85. The summed E-state index contributed by atoms with van der Waals surface area (Å²) in [5.41, 5.74) is 1.95. The van der Waals surface area contributed by atoms with Crippen molar-refractivity contribution in [2.75, 3.05) is 5.32 Å². The van der Waals surface area contributed by atoms with Crippen LogP contribution in [0.2, 0.25) is 0 Å². The summed E-state index contributed by atoms with van der Waals surface area (Å²) in [4.78, 5) is 29.3. The molecular formula is C22H21FN6O2. The van der Waals surface area contributed by atoms with E-state index in [2.05, 4.69) is 27.5 Å². The Morgan fingerprint density at radius 1 is 1.16 bits per heavy atom. The number of aromatic nitrogens is 5. The summed E-state index contributed by atoms with van der Waals surface area (Å²) in [5.74, 6) is -0.799. The SMILES string of the molecule is CCCCc1ccc(NC(=O)Cn2cnc3c(nnn3-c3cccc(F)c3)c2=O)cc1. The number of fused-ring (bicyclic) bond motifs is 1. The third-order valence-electron chi connectivity index (χ3n) is 4.85. The van der Waals surface area contributed by atoms with Crippen LogP contribution >= 0.6 is 0 Å². The standard InChI is InChI=1S/C22H21FN6O2/c1-2-3-5-15-8-10-17(11-9-15)25-19(30)13-28-14-24-21-20(22(28)31)26-27-29(21)18-7-4-6-16(23)12-18/h4,6-12,14H,2-3,5,13H2,1H3,(H,25,30). The van der Waals surface area contributed by atoms with Crippen molar-refractivity contribution in [2.24, 2.45) is 0 Å². The summed E-state index contributed by atoms with van der Waals surface area (Å²) >= 11 is 0. The van der Waals surface area contributed by atoms with E-state index in [0.29, 0.717) is 11.4 Å². The first kappa shape index (κ1) is 20.4. The Hall–Kier alpha value is -3.88. The van der Waals surface area contributed by atoms with Gasteiger partial charge in [0.2, 0.25) is 5.91 Å².